The van der Waals surface area contributed by atoms with Crippen LogP contribution in [-0.2, 0) is 16.0 Å². The van der Waals surface area contributed by atoms with Gasteiger partial charge in [-0.1, -0.05) is 0 Å². The molecule has 0 spiro atoms. The van der Waals surface area contributed by atoms with Crippen molar-refractivity contribution in [3.63, 3.8) is 0 Å². The molecule has 1 fully saturated rings. The fourth-order valence-corrected chi connectivity index (χ4v) is 4.65. The number of ether oxygens (including phenoxy) is 3. The Hall–Kier alpha value is -1.46. The lowest BCUT2D eigenvalue weighted by atomic mass is 9.75. The number of halogens is 1. The molecule has 0 aliphatic carbocycles. The van der Waals surface area contributed by atoms with Gasteiger partial charge < -0.3 is 18.7 Å². The summed E-state index contributed by atoms with van der Waals surface area (Å²) < 4.78 is 16.8. The van der Waals surface area contributed by atoms with E-state index < -0.39 is 0 Å². The minimum Gasteiger partial charge on any atom is -0.493 e. The first-order chi connectivity index (χ1) is 11.6. The minimum atomic E-state index is -0.126. The molecule has 3 atom stereocenters. The van der Waals surface area contributed by atoms with Crippen molar-refractivity contribution in [3.05, 3.63) is 23.3 Å². The Morgan fingerprint density at radius 2 is 2.00 bits per heavy atom. The fraction of sp³-hybridized carbons (Fsp3) is 0.611. The van der Waals surface area contributed by atoms with Gasteiger partial charge in [0.25, 0.3) is 0 Å². The van der Waals surface area contributed by atoms with Gasteiger partial charge in [0.15, 0.2) is 18.0 Å². The molecular weight excluding hydrogens is 330 g/mol. The number of carbonyl (C=O) groups excluding carboxylic acids is 1. The molecule has 0 unspecified atom stereocenters. The number of alkyl halides is 1. The Morgan fingerprint density at radius 3 is 2.62 bits per heavy atom. The summed E-state index contributed by atoms with van der Waals surface area (Å²) in [7, 11) is 3.30. The van der Waals surface area contributed by atoms with Gasteiger partial charge in [-0.15, -0.1) is 11.6 Å². The maximum atomic E-state index is 12.1. The molecule has 2 aliphatic heterocycles. The molecule has 132 valence electrons. The van der Waals surface area contributed by atoms with E-state index in [0.717, 1.165) is 35.5 Å². The Morgan fingerprint density at radius 1 is 1.29 bits per heavy atom. The molecule has 1 aromatic carbocycles. The first-order valence-corrected chi connectivity index (χ1v) is 8.94. The SMILES string of the molecule is CCOC(=O)C[N@+]12CCc3cc(OC)c(OC)cc3[C@H]1[C@H](CCl)C2. The number of hydrogen-bond acceptors (Lipinski definition) is 4. The van der Waals surface area contributed by atoms with Crippen LogP contribution in [0, 0.1) is 5.92 Å². The van der Waals surface area contributed by atoms with Crippen molar-refractivity contribution in [3.8, 4) is 11.5 Å². The number of methoxy groups -OCH3 is 2. The fourth-order valence-electron chi connectivity index (χ4n) is 4.38. The number of quaternary nitrogens is 1. The van der Waals surface area contributed by atoms with Gasteiger partial charge in [-0.25, -0.2) is 4.79 Å². The van der Waals surface area contributed by atoms with Gasteiger partial charge in [-0.2, -0.15) is 0 Å². The van der Waals surface area contributed by atoms with Crippen molar-refractivity contribution in [2.24, 2.45) is 5.92 Å². The van der Waals surface area contributed by atoms with Crippen LogP contribution in [0.3, 0.4) is 0 Å². The summed E-state index contributed by atoms with van der Waals surface area (Å²) in [4.78, 5) is 12.1. The monoisotopic (exact) mass is 354 g/mol. The molecule has 24 heavy (non-hydrogen) atoms. The van der Waals surface area contributed by atoms with Crippen molar-refractivity contribution in [2.75, 3.05) is 46.3 Å². The van der Waals surface area contributed by atoms with Gasteiger partial charge in [0.1, 0.15) is 6.04 Å². The molecule has 5 nitrogen and oxygen atoms in total. The standard InChI is InChI=1S/C18H25ClNO4/c1-4-24-17(21)11-20-6-5-12-7-15(22-2)16(23-3)8-14(12)18(20)13(9-19)10-20/h7-8,13,18H,4-6,9-11H2,1-3H3/q+1/t13-,18-,20-/m1/s1. The van der Waals surface area contributed by atoms with E-state index in [-0.39, 0.29) is 12.0 Å². The predicted octanol–water partition coefficient (Wildman–Crippen LogP) is 2.55. The Balaban J connectivity index is 1.96. The first kappa shape index (κ1) is 17.4. The molecule has 2 heterocycles. The number of fused-ring (bicyclic) bond motifs is 3. The molecule has 3 rings (SSSR count). The van der Waals surface area contributed by atoms with Crippen molar-refractivity contribution in [2.45, 2.75) is 19.4 Å². The lowest BCUT2D eigenvalue weighted by Gasteiger charge is -2.59. The first-order valence-electron chi connectivity index (χ1n) is 8.40. The third kappa shape index (κ3) is 2.74. The van der Waals surface area contributed by atoms with Crippen LogP contribution < -0.4 is 9.47 Å². The zero-order valence-corrected chi connectivity index (χ0v) is 15.3. The van der Waals surface area contributed by atoms with E-state index >= 15 is 0 Å². The van der Waals surface area contributed by atoms with Crippen molar-refractivity contribution < 1.29 is 23.5 Å². The maximum absolute atomic E-state index is 12.1. The summed E-state index contributed by atoms with van der Waals surface area (Å²) in [5.74, 6) is 2.33. The van der Waals surface area contributed by atoms with E-state index in [0.29, 0.717) is 24.9 Å². The summed E-state index contributed by atoms with van der Waals surface area (Å²) in [6.07, 6.45) is 0.917. The highest BCUT2D eigenvalue weighted by Gasteiger charge is 2.58. The molecule has 0 radical (unpaired) electrons. The number of hydrogen-bond donors (Lipinski definition) is 0. The molecule has 0 amide bonds. The van der Waals surface area contributed by atoms with Gasteiger partial charge in [-0.3, -0.25) is 0 Å². The second-order valence-electron chi connectivity index (χ2n) is 6.60. The Labute approximate surface area is 148 Å². The van der Waals surface area contributed by atoms with Gasteiger partial charge in [0.05, 0.1) is 39.8 Å². The van der Waals surface area contributed by atoms with Crippen molar-refractivity contribution in [1.29, 1.82) is 0 Å². The van der Waals surface area contributed by atoms with Crippen LogP contribution >= 0.6 is 11.6 Å². The van der Waals surface area contributed by atoms with Crippen LogP contribution in [0.5, 0.6) is 11.5 Å². The van der Waals surface area contributed by atoms with Crippen molar-refractivity contribution in [1.82, 2.24) is 0 Å². The van der Waals surface area contributed by atoms with Crippen molar-refractivity contribution >= 4 is 17.6 Å². The predicted molar refractivity (Wildman–Crippen MR) is 91.7 cm³/mol. The number of esters is 1. The lowest BCUT2D eigenvalue weighted by Crippen LogP contribution is -2.69. The van der Waals surface area contributed by atoms with Crippen LogP contribution in [0.2, 0.25) is 0 Å². The van der Waals surface area contributed by atoms with E-state index in [1.165, 1.54) is 11.1 Å². The number of carbonyl (C=O) groups is 1. The van der Waals surface area contributed by atoms with Crippen LogP contribution in [-0.4, -0.2) is 56.8 Å². The number of benzene rings is 1. The quantitative estimate of drug-likeness (QED) is 0.447. The Bertz CT molecular complexity index is 636. The molecule has 0 N–H and O–H groups in total. The zero-order chi connectivity index (χ0) is 17.3. The topological polar surface area (TPSA) is 44.8 Å². The van der Waals surface area contributed by atoms with Crippen LogP contribution in [0.25, 0.3) is 0 Å². The summed E-state index contributed by atoms with van der Waals surface area (Å²) in [5.41, 5.74) is 2.50. The molecule has 0 saturated carbocycles. The van der Waals surface area contributed by atoms with E-state index in [1.807, 2.05) is 6.92 Å². The third-order valence-corrected chi connectivity index (χ3v) is 5.77. The van der Waals surface area contributed by atoms with Crippen LogP contribution in [0.15, 0.2) is 12.1 Å². The maximum Gasteiger partial charge on any atom is 0.361 e. The molecule has 1 aromatic rings. The normalized spacial score (nSPS) is 27.5. The average molecular weight is 355 g/mol. The van der Waals surface area contributed by atoms with E-state index in [9.17, 15) is 4.79 Å². The summed E-state index contributed by atoms with van der Waals surface area (Å²) in [6, 6.07) is 4.36. The molecule has 1 saturated heterocycles. The van der Waals surface area contributed by atoms with Crippen LogP contribution in [0.1, 0.15) is 24.1 Å². The van der Waals surface area contributed by atoms with E-state index in [2.05, 4.69) is 12.1 Å². The third-order valence-electron chi connectivity index (χ3n) is 5.37. The number of rotatable bonds is 6. The number of nitrogens with zero attached hydrogens (tertiary/aromatic N) is 1. The average Bonchev–Trinajstić information content (AvgIpc) is 2.56. The Kier molecular flexibility index (Phi) is 4.92. The smallest absolute Gasteiger partial charge is 0.361 e. The largest absolute Gasteiger partial charge is 0.493 e. The summed E-state index contributed by atoms with van der Waals surface area (Å²) >= 11 is 6.20. The molecule has 6 heteroatoms. The zero-order valence-electron chi connectivity index (χ0n) is 14.5. The lowest BCUT2D eigenvalue weighted by molar-refractivity contribution is -1.00. The van der Waals surface area contributed by atoms with E-state index in [1.54, 1.807) is 14.2 Å². The molecule has 0 aromatic heterocycles. The van der Waals surface area contributed by atoms with Crippen LogP contribution in [0.4, 0.5) is 0 Å². The van der Waals surface area contributed by atoms with Gasteiger partial charge >= 0.3 is 5.97 Å². The molecular formula is C18H25ClNO4+. The minimum absolute atomic E-state index is 0.126. The van der Waals surface area contributed by atoms with Gasteiger partial charge in [0.2, 0.25) is 0 Å². The van der Waals surface area contributed by atoms with Gasteiger partial charge in [0, 0.05) is 17.9 Å². The van der Waals surface area contributed by atoms with E-state index in [4.69, 9.17) is 25.8 Å². The highest BCUT2D eigenvalue weighted by atomic mass is 35.5. The second-order valence-corrected chi connectivity index (χ2v) is 6.91. The summed E-state index contributed by atoms with van der Waals surface area (Å²) in [6.45, 7) is 4.54. The summed E-state index contributed by atoms with van der Waals surface area (Å²) in [5, 5.41) is 0. The van der Waals surface area contributed by atoms with Gasteiger partial charge in [-0.05, 0) is 24.6 Å². The second kappa shape index (κ2) is 6.81. The highest BCUT2D eigenvalue weighted by Crippen LogP contribution is 2.52. The molecule has 0 bridgehead atoms. The highest BCUT2D eigenvalue weighted by molar-refractivity contribution is 6.18. The molecule has 2 aliphatic rings.